The Balaban J connectivity index is 1.32. The van der Waals surface area contributed by atoms with Crippen LogP contribution in [0, 0.1) is 6.92 Å². The van der Waals surface area contributed by atoms with E-state index in [0.717, 1.165) is 37.2 Å². The van der Waals surface area contributed by atoms with E-state index in [1.807, 2.05) is 43.3 Å². The smallest absolute Gasteiger partial charge is 0.228 e. The molecule has 0 saturated carbocycles. The summed E-state index contributed by atoms with van der Waals surface area (Å²) in [6, 6.07) is 16.1. The molecule has 5 nitrogen and oxygen atoms in total. The lowest BCUT2D eigenvalue weighted by Gasteiger charge is -2.38. The van der Waals surface area contributed by atoms with Gasteiger partial charge in [-0.2, -0.15) is 0 Å². The zero-order valence-electron chi connectivity index (χ0n) is 15.7. The van der Waals surface area contributed by atoms with E-state index in [9.17, 15) is 4.79 Å². The maximum absolute atomic E-state index is 12.3. The predicted octanol–water partition coefficient (Wildman–Crippen LogP) is 3.52. The molecule has 1 amide bonds. The van der Waals surface area contributed by atoms with Gasteiger partial charge in [-0.1, -0.05) is 29.8 Å². The number of piperidine rings is 1. The fourth-order valence-electron chi connectivity index (χ4n) is 3.86. The van der Waals surface area contributed by atoms with Crippen molar-refractivity contribution < 1.29 is 14.3 Å². The molecule has 142 valence electrons. The van der Waals surface area contributed by atoms with Gasteiger partial charge in [-0.05, 0) is 36.8 Å². The number of amides is 1. The number of ether oxygens (including phenoxy) is 2. The lowest BCUT2D eigenvalue weighted by Crippen LogP contribution is -2.45. The number of carbonyl (C=O) groups is 1. The summed E-state index contributed by atoms with van der Waals surface area (Å²) in [6.07, 6.45) is 2.17. The highest BCUT2D eigenvalue weighted by molar-refractivity contribution is 5.92. The van der Waals surface area contributed by atoms with E-state index in [1.165, 1.54) is 11.3 Å². The van der Waals surface area contributed by atoms with Gasteiger partial charge < -0.3 is 19.7 Å². The fraction of sp³-hybridized carbons (Fsp3) is 0.409. The molecule has 2 aromatic carbocycles. The molecule has 0 atom stereocenters. The Kier molecular flexibility index (Phi) is 5.14. The van der Waals surface area contributed by atoms with Crippen molar-refractivity contribution in [3.05, 3.63) is 59.7 Å². The summed E-state index contributed by atoms with van der Waals surface area (Å²) in [5.41, 5.74) is 4.19. The van der Waals surface area contributed by atoms with Gasteiger partial charge in [0, 0.05) is 37.3 Å². The zero-order valence-corrected chi connectivity index (χ0v) is 15.7. The molecule has 2 aliphatic rings. The maximum Gasteiger partial charge on any atom is 0.228 e. The Morgan fingerprint density at radius 3 is 2.44 bits per heavy atom. The van der Waals surface area contributed by atoms with Gasteiger partial charge in [0.25, 0.3) is 0 Å². The first-order valence-electron chi connectivity index (χ1n) is 9.60. The third kappa shape index (κ3) is 4.31. The van der Waals surface area contributed by atoms with Gasteiger partial charge in [0.15, 0.2) is 5.79 Å². The highest BCUT2D eigenvalue weighted by Crippen LogP contribution is 2.33. The van der Waals surface area contributed by atoms with Gasteiger partial charge in [-0.15, -0.1) is 0 Å². The van der Waals surface area contributed by atoms with Crippen molar-refractivity contribution in [3.63, 3.8) is 0 Å². The van der Waals surface area contributed by atoms with E-state index in [-0.39, 0.29) is 11.7 Å². The summed E-state index contributed by atoms with van der Waals surface area (Å²) in [7, 11) is 0. The number of carbonyl (C=O) groups excluding carboxylic acids is 1. The topological polar surface area (TPSA) is 50.8 Å². The van der Waals surface area contributed by atoms with Crippen LogP contribution in [0.25, 0.3) is 0 Å². The van der Waals surface area contributed by atoms with Crippen molar-refractivity contribution in [2.75, 3.05) is 36.5 Å². The van der Waals surface area contributed by atoms with Gasteiger partial charge in [-0.3, -0.25) is 4.79 Å². The molecule has 0 aromatic heterocycles. The van der Waals surface area contributed by atoms with Gasteiger partial charge in [0.05, 0.1) is 19.6 Å². The number of hydrogen-bond acceptors (Lipinski definition) is 4. The second-order valence-electron chi connectivity index (χ2n) is 7.36. The second-order valence-corrected chi connectivity index (χ2v) is 7.36. The van der Waals surface area contributed by atoms with Crippen molar-refractivity contribution in [2.24, 2.45) is 0 Å². The van der Waals surface area contributed by atoms with Crippen LogP contribution in [0.5, 0.6) is 0 Å². The van der Waals surface area contributed by atoms with Crippen LogP contribution in [-0.4, -0.2) is 38.0 Å². The summed E-state index contributed by atoms with van der Waals surface area (Å²) >= 11 is 0. The summed E-state index contributed by atoms with van der Waals surface area (Å²) < 4.78 is 11.6. The molecule has 2 aliphatic heterocycles. The Morgan fingerprint density at radius 2 is 1.78 bits per heavy atom. The monoisotopic (exact) mass is 366 g/mol. The molecule has 0 aliphatic carbocycles. The lowest BCUT2D eigenvalue weighted by atomic mass is 10.0. The van der Waals surface area contributed by atoms with Gasteiger partial charge in [0.1, 0.15) is 0 Å². The molecule has 4 rings (SSSR count). The number of rotatable bonds is 4. The summed E-state index contributed by atoms with van der Waals surface area (Å²) in [4.78, 5) is 14.6. The summed E-state index contributed by atoms with van der Waals surface area (Å²) in [5, 5.41) is 2.98. The van der Waals surface area contributed by atoms with Crippen molar-refractivity contribution in [3.8, 4) is 0 Å². The van der Waals surface area contributed by atoms with Crippen LogP contribution in [0.4, 0.5) is 11.4 Å². The number of nitrogens with one attached hydrogen (secondary N) is 1. The highest BCUT2D eigenvalue weighted by atomic mass is 16.7. The molecule has 2 heterocycles. The van der Waals surface area contributed by atoms with E-state index in [0.29, 0.717) is 19.6 Å². The van der Waals surface area contributed by atoms with Gasteiger partial charge in [0.2, 0.25) is 5.91 Å². The van der Waals surface area contributed by atoms with E-state index < -0.39 is 0 Å². The SMILES string of the molecule is Cc1cccc(CC(=O)Nc2ccc(N3CCC4(CC3)OCCO4)cc2)c1. The molecule has 1 spiro atoms. The Bertz CT molecular complexity index is 787. The van der Waals surface area contributed by atoms with Crippen molar-refractivity contribution in [2.45, 2.75) is 32.0 Å². The van der Waals surface area contributed by atoms with Crippen LogP contribution in [0.3, 0.4) is 0 Å². The molecule has 0 bridgehead atoms. The third-order valence-electron chi connectivity index (χ3n) is 5.30. The van der Waals surface area contributed by atoms with E-state index in [4.69, 9.17) is 9.47 Å². The normalized spacial score (nSPS) is 18.6. The lowest BCUT2D eigenvalue weighted by molar-refractivity contribution is -0.169. The van der Waals surface area contributed by atoms with Crippen molar-refractivity contribution in [1.82, 2.24) is 0 Å². The van der Waals surface area contributed by atoms with Crippen LogP contribution in [-0.2, 0) is 20.7 Å². The third-order valence-corrected chi connectivity index (χ3v) is 5.30. The Morgan fingerprint density at radius 1 is 1.07 bits per heavy atom. The molecule has 27 heavy (non-hydrogen) atoms. The van der Waals surface area contributed by atoms with E-state index >= 15 is 0 Å². The van der Waals surface area contributed by atoms with Crippen LogP contribution in [0.15, 0.2) is 48.5 Å². The first-order valence-corrected chi connectivity index (χ1v) is 9.60. The minimum atomic E-state index is -0.347. The Labute approximate surface area is 160 Å². The first kappa shape index (κ1) is 18.0. The fourth-order valence-corrected chi connectivity index (χ4v) is 3.86. The van der Waals surface area contributed by atoms with E-state index in [1.54, 1.807) is 0 Å². The minimum absolute atomic E-state index is 0.00351. The Hall–Kier alpha value is -2.37. The average molecular weight is 366 g/mol. The number of aryl methyl sites for hydroxylation is 1. The van der Waals surface area contributed by atoms with Crippen LogP contribution < -0.4 is 10.2 Å². The summed E-state index contributed by atoms with van der Waals surface area (Å²) in [5.74, 6) is -0.344. The summed E-state index contributed by atoms with van der Waals surface area (Å²) in [6.45, 7) is 5.28. The molecule has 2 saturated heterocycles. The first-order chi connectivity index (χ1) is 13.1. The zero-order chi connectivity index (χ0) is 18.7. The second kappa shape index (κ2) is 7.71. The largest absolute Gasteiger partial charge is 0.371 e. The molecule has 0 unspecified atom stereocenters. The number of benzene rings is 2. The van der Waals surface area contributed by atoms with Crippen molar-refractivity contribution in [1.29, 1.82) is 0 Å². The molecule has 1 N–H and O–H groups in total. The molecule has 2 fully saturated rings. The maximum atomic E-state index is 12.3. The van der Waals surface area contributed by atoms with Gasteiger partial charge in [-0.25, -0.2) is 0 Å². The number of hydrogen-bond donors (Lipinski definition) is 1. The molecule has 0 radical (unpaired) electrons. The van der Waals surface area contributed by atoms with Crippen LogP contribution >= 0.6 is 0 Å². The number of anilines is 2. The molecule has 2 aromatic rings. The van der Waals surface area contributed by atoms with Crippen LogP contribution in [0.2, 0.25) is 0 Å². The highest BCUT2D eigenvalue weighted by Gasteiger charge is 2.39. The average Bonchev–Trinajstić information content (AvgIpc) is 3.11. The van der Waals surface area contributed by atoms with E-state index in [2.05, 4.69) is 22.3 Å². The molecular formula is C22H26N2O3. The minimum Gasteiger partial charge on any atom is -0.371 e. The van der Waals surface area contributed by atoms with Crippen molar-refractivity contribution >= 4 is 17.3 Å². The molecule has 5 heteroatoms. The quantitative estimate of drug-likeness (QED) is 0.900. The number of nitrogens with zero attached hydrogens (tertiary/aromatic N) is 1. The predicted molar refractivity (Wildman–Crippen MR) is 106 cm³/mol. The van der Waals surface area contributed by atoms with Crippen LogP contribution in [0.1, 0.15) is 24.0 Å². The molecular weight excluding hydrogens is 340 g/mol. The van der Waals surface area contributed by atoms with Gasteiger partial charge >= 0.3 is 0 Å². The standard InChI is InChI=1S/C22H26N2O3/c1-17-3-2-4-18(15-17)16-21(25)23-19-5-7-20(8-6-19)24-11-9-22(10-12-24)26-13-14-27-22/h2-8,15H,9-14,16H2,1H3,(H,23,25).